The number of aromatic nitrogens is 4. The van der Waals surface area contributed by atoms with Crippen molar-refractivity contribution in [3.63, 3.8) is 0 Å². The molecule has 2 saturated heterocycles. The maximum absolute atomic E-state index is 12.4. The molecule has 19 heteroatoms. The van der Waals surface area contributed by atoms with Crippen molar-refractivity contribution in [3.05, 3.63) is 41.4 Å². The predicted molar refractivity (Wildman–Crippen MR) is 157 cm³/mol. The van der Waals surface area contributed by atoms with E-state index in [1.54, 1.807) is 17.1 Å². The fourth-order valence-electron chi connectivity index (χ4n) is 5.00. The number of anilines is 2. The standard InChI is InChI=1S/C27H29ClN8O10/c1-2-26(43)16(46-22(19(26)38)36-12-31-18-20(29)33-25(28)34-21(18)36)11-45-27(23(39)40,24(41)42)9-14-3-5-15(6-4-14)30-7-8-32-35-10-17(37)44-13-35/h1,3-6,12,16,19,22,30,32,38,43H,7-11,13H2,(H,39,40)(H,41,42)(H2,29,33,34)/t16-,19+,22-,26-/m1/s1. The predicted octanol–water partition coefficient (Wildman–Crippen LogP) is -1.42. The lowest BCUT2D eigenvalue weighted by atomic mass is 9.92. The number of hydrogen-bond acceptors (Lipinski definition) is 15. The third kappa shape index (κ3) is 6.25. The van der Waals surface area contributed by atoms with E-state index >= 15 is 0 Å². The molecule has 2 aromatic heterocycles. The number of hydrogen-bond donors (Lipinski definition) is 7. The highest BCUT2D eigenvalue weighted by Gasteiger charge is 2.58. The number of nitrogen functional groups attached to an aromatic ring is 1. The van der Waals surface area contributed by atoms with Gasteiger partial charge in [0.05, 0.1) is 12.9 Å². The molecule has 4 heterocycles. The Bertz CT molecular complexity index is 1670. The number of benzene rings is 1. The molecule has 0 unspecified atom stereocenters. The zero-order chi connectivity index (χ0) is 33.2. The molecular weight excluding hydrogens is 632 g/mol. The van der Waals surface area contributed by atoms with Gasteiger partial charge in [-0.15, -0.1) is 6.42 Å². The minimum atomic E-state index is -2.83. The summed E-state index contributed by atoms with van der Waals surface area (Å²) in [5.41, 5.74) is 4.71. The van der Waals surface area contributed by atoms with Crippen LogP contribution in [0, 0.1) is 12.3 Å². The molecule has 244 valence electrons. The summed E-state index contributed by atoms with van der Waals surface area (Å²) in [4.78, 5) is 47.9. The normalized spacial score (nSPS) is 23.3. The van der Waals surface area contributed by atoms with E-state index in [0.29, 0.717) is 24.3 Å². The molecule has 2 fully saturated rings. The number of imidazole rings is 1. The first-order valence-corrected chi connectivity index (χ1v) is 14.0. The molecule has 18 nitrogen and oxygen atoms in total. The molecule has 0 radical (unpaired) electrons. The van der Waals surface area contributed by atoms with Gasteiger partial charge >= 0.3 is 17.9 Å². The van der Waals surface area contributed by atoms with Crippen LogP contribution in [0.4, 0.5) is 11.5 Å². The number of aliphatic hydroxyl groups excluding tert-OH is 1. The zero-order valence-corrected chi connectivity index (χ0v) is 24.6. The molecule has 46 heavy (non-hydrogen) atoms. The molecule has 0 bridgehead atoms. The Morgan fingerprint density at radius 1 is 1.24 bits per heavy atom. The Kier molecular flexibility index (Phi) is 9.27. The van der Waals surface area contributed by atoms with Gasteiger partial charge in [0, 0.05) is 25.2 Å². The highest BCUT2D eigenvalue weighted by atomic mass is 35.5. The number of nitrogens with zero attached hydrogens (tertiary/aromatic N) is 5. The topological polar surface area (TPSA) is 257 Å². The van der Waals surface area contributed by atoms with Crippen LogP contribution in [0.15, 0.2) is 30.6 Å². The fourth-order valence-corrected chi connectivity index (χ4v) is 5.17. The number of rotatable bonds is 13. The van der Waals surface area contributed by atoms with Crippen molar-refractivity contribution in [1.82, 2.24) is 30.0 Å². The van der Waals surface area contributed by atoms with Gasteiger partial charge in [-0.25, -0.2) is 20.0 Å². The monoisotopic (exact) mass is 660 g/mol. The number of carbonyl (C=O) groups excluding carboxylic acids is 1. The second kappa shape index (κ2) is 13.0. The third-order valence-electron chi connectivity index (χ3n) is 7.51. The lowest BCUT2D eigenvalue weighted by Gasteiger charge is -2.30. The lowest BCUT2D eigenvalue weighted by Crippen LogP contribution is -2.55. The summed E-state index contributed by atoms with van der Waals surface area (Å²) >= 11 is 5.92. The van der Waals surface area contributed by atoms with Crippen molar-refractivity contribution in [2.24, 2.45) is 0 Å². The van der Waals surface area contributed by atoms with E-state index < -0.39 is 54.6 Å². The van der Waals surface area contributed by atoms with Crippen LogP contribution in [0.3, 0.4) is 0 Å². The number of carboxylic acids is 2. The van der Waals surface area contributed by atoms with Crippen LogP contribution < -0.4 is 16.5 Å². The molecule has 0 amide bonds. The number of ether oxygens (including phenoxy) is 3. The van der Waals surface area contributed by atoms with E-state index in [9.17, 15) is 34.8 Å². The Morgan fingerprint density at radius 2 is 1.96 bits per heavy atom. The molecular formula is C27H29ClN8O10. The summed E-state index contributed by atoms with van der Waals surface area (Å²) in [7, 11) is 0. The number of esters is 1. The zero-order valence-electron chi connectivity index (χ0n) is 23.9. The highest BCUT2D eigenvalue weighted by Crippen LogP contribution is 2.39. The number of cyclic esters (lactones) is 1. The minimum absolute atomic E-state index is 0.0415. The summed E-state index contributed by atoms with van der Waals surface area (Å²) in [5.74, 6) is -1.98. The Hall–Kier alpha value is -4.61. The highest BCUT2D eigenvalue weighted by molar-refractivity contribution is 6.28. The van der Waals surface area contributed by atoms with Crippen LogP contribution in [-0.4, -0.2) is 119 Å². The molecule has 0 aliphatic carbocycles. The van der Waals surface area contributed by atoms with Gasteiger partial charge in [0.25, 0.3) is 5.60 Å². The van der Waals surface area contributed by atoms with Gasteiger partial charge in [-0.3, -0.25) is 9.36 Å². The second-order valence-electron chi connectivity index (χ2n) is 10.4. The largest absolute Gasteiger partial charge is 0.479 e. The number of fused-ring (bicyclic) bond motifs is 1. The number of nitrogens with one attached hydrogen (secondary N) is 2. The van der Waals surface area contributed by atoms with E-state index in [1.165, 1.54) is 23.0 Å². The average molecular weight is 661 g/mol. The molecule has 1 aromatic carbocycles. The van der Waals surface area contributed by atoms with E-state index in [1.807, 2.05) is 5.92 Å². The third-order valence-corrected chi connectivity index (χ3v) is 7.68. The molecule has 3 aromatic rings. The Balaban J connectivity index is 1.28. The van der Waals surface area contributed by atoms with Crippen molar-refractivity contribution >= 4 is 52.2 Å². The average Bonchev–Trinajstić information content (AvgIpc) is 3.70. The second-order valence-corrected chi connectivity index (χ2v) is 10.8. The smallest absolute Gasteiger partial charge is 0.348 e. The van der Waals surface area contributed by atoms with Gasteiger partial charge in [0.1, 0.15) is 24.3 Å². The molecule has 5 rings (SSSR count). The quantitative estimate of drug-likeness (QED) is 0.0365. The number of carbonyl (C=O) groups is 3. The van der Waals surface area contributed by atoms with Crippen molar-refractivity contribution in [3.8, 4) is 12.3 Å². The van der Waals surface area contributed by atoms with E-state index in [0.717, 1.165) is 0 Å². The molecule has 8 N–H and O–H groups in total. The number of aliphatic carboxylic acids is 2. The molecule has 2 aliphatic heterocycles. The molecule has 0 spiro atoms. The van der Waals surface area contributed by atoms with E-state index in [-0.39, 0.29) is 41.5 Å². The summed E-state index contributed by atoms with van der Waals surface area (Å²) in [5, 5.41) is 46.8. The van der Waals surface area contributed by atoms with Gasteiger partial charge in [0.15, 0.2) is 30.0 Å². The maximum atomic E-state index is 12.4. The molecule has 2 aliphatic rings. The van der Waals surface area contributed by atoms with Gasteiger partial charge in [-0.2, -0.15) is 15.0 Å². The van der Waals surface area contributed by atoms with Gasteiger partial charge in [-0.1, -0.05) is 18.1 Å². The maximum Gasteiger partial charge on any atom is 0.348 e. The molecule has 4 atom stereocenters. The fraction of sp³-hybridized carbons (Fsp3) is 0.407. The van der Waals surface area contributed by atoms with Crippen LogP contribution in [0.25, 0.3) is 11.2 Å². The van der Waals surface area contributed by atoms with Crippen molar-refractivity contribution in [2.45, 2.75) is 36.1 Å². The summed E-state index contributed by atoms with van der Waals surface area (Å²) in [6, 6.07) is 6.31. The van der Waals surface area contributed by atoms with Gasteiger partial charge in [0.2, 0.25) is 5.28 Å². The number of aliphatic hydroxyl groups is 2. The number of carboxylic acid groups (broad SMARTS) is 2. The van der Waals surface area contributed by atoms with Crippen LogP contribution in [-0.2, 0) is 35.0 Å². The lowest BCUT2D eigenvalue weighted by molar-refractivity contribution is -0.191. The van der Waals surface area contributed by atoms with Crippen LogP contribution >= 0.6 is 11.6 Å². The number of terminal acetylenes is 1. The van der Waals surface area contributed by atoms with Gasteiger partial charge in [-0.05, 0) is 29.3 Å². The van der Waals surface area contributed by atoms with Crippen LogP contribution in [0.2, 0.25) is 5.28 Å². The van der Waals surface area contributed by atoms with Gasteiger partial charge < -0.3 is 45.7 Å². The van der Waals surface area contributed by atoms with Crippen molar-refractivity contribution < 1.29 is 49.0 Å². The number of hydrazine groups is 1. The first-order valence-electron chi connectivity index (χ1n) is 13.6. The minimum Gasteiger partial charge on any atom is -0.479 e. The number of halogens is 1. The summed E-state index contributed by atoms with van der Waals surface area (Å²) < 4.78 is 17.3. The Labute approximate surface area is 265 Å². The first kappa shape index (κ1) is 32.8. The first-order chi connectivity index (χ1) is 21.9. The van der Waals surface area contributed by atoms with Crippen molar-refractivity contribution in [2.75, 3.05) is 44.0 Å². The van der Waals surface area contributed by atoms with E-state index in [4.69, 9.17) is 38.0 Å². The number of nitrogens with two attached hydrogens (primary N) is 1. The molecule has 0 saturated carbocycles. The van der Waals surface area contributed by atoms with E-state index in [2.05, 4.69) is 25.7 Å². The van der Waals surface area contributed by atoms with Crippen LogP contribution in [0.5, 0.6) is 0 Å². The Morgan fingerprint density at radius 3 is 2.59 bits per heavy atom. The summed E-state index contributed by atoms with van der Waals surface area (Å²) in [6.45, 7) is 0.392. The summed E-state index contributed by atoms with van der Waals surface area (Å²) in [6.07, 6.45) is 1.26. The van der Waals surface area contributed by atoms with Crippen molar-refractivity contribution in [1.29, 1.82) is 0 Å². The van der Waals surface area contributed by atoms with Crippen LogP contribution in [0.1, 0.15) is 11.8 Å². The SMILES string of the molecule is C#C[C@@]1(O)[C@@H](COC(Cc2ccc(NCCNN3COC(=O)C3)cc2)(C(=O)O)C(=O)O)O[C@@H](n2cnc3c(N)nc(Cl)nc32)[C@@H]1O.